The maximum atomic E-state index is 12.5. The first-order valence-electron chi connectivity index (χ1n) is 13.4. The normalized spacial score (nSPS) is 12.6. The van der Waals surface area contributed by atoms with Crippen molar-refractivity contribution in [2.75, 3.05) is 32.7 Å². The van der Waals surface area contributed by atoms with E-state index in [4.69, 9.17) is 19.4 Å². The number of likely N-dealkylation sites (N-methyl/N-ethyl adjacent to an activating group) is 1. The number of nitrogens with zero attached hydrogens (tertiary/aromatic N) is 3. The van der Waals surface area contributed by atoms with Crippen LogP contribution in [0.15, 0.2) is 84.0 Å². The van der Waals surface area contributed by atoms with Gasteiger partial charge in [-0.3, -0.25) is 4.79 Å². The Morgan fingerprint density at radius 1 is 0.925 bits per heavy atom. The second-order valence-electron chi connectivity index (χ2n) is 9.86. The number of hydrogen-bond acceptors (Lipinski definition) is 7. The van der Waals surface area contributed by atoms with E-state index in [1.54, 1.807) is 26.0 Å². The maximum absolute atomic E-state index is 12.5. The van der Waals surface area contributed by atoms with Crippen LogP contribution in [0, 0.1) is 0 Å². The van der Waals surface area contributed by atoms with Gasteiger partial charge in [0.05, 0.1) is 19.9 Å². The van der Waals surface area contributed by atoms with E-state index < -0.39 is 0 Å². The number of benzene rings is 3. The Hall–Kier alpha value is -4.04. The molecule has 0 aliphatic heterocycles. The molecule has 1 aromatic heterocycles. The van der Waals surface area contributed by atoms with E-state index in [-0.39, 0.29) is 5.91 Å². The van der Waals surface area contributed by atoms with E-state index in [1.807, 2.05) is 67.7 Å². The zero-order valence-corrected chi connectivity index (χ0v) is 23.9. The topological polar surface area (TPSA) is 76.6 Å². The predicted octanol–water partition coefficient (Wildman–Crippen LogP) is 6.02. The molecule has 0 saturated heterocycles. The highest BCUT2D eigenvalue weighted by Gasteiger charge is 2.23. The van der Waals surface area contributed by atoms with Crippen molar-refractivity contribution < 1.29 is 14.3 Å². The van der Waals surface area contributed by atoms with Crippen molar-refractivity contribution in [3.8, 4) is 22.8 Å². The summed E-state index contributed by atoms with van der Waals surface area (Å²) >= 11 is 1.57. The molecular formula is C32H34N4O3S. The number of amides is 1. The molecule has 1 amide bonds. The zero-order chi connectivity index (χ0) is 27.9. The van der Waals surface area contributed by atoms with Gasteiger partial charge < -0.3 is 19.7 Å². The van der Waals surface area contributed by atoms with Gasteiger partial charge >= 0.3 is 0 Å². The highest BCUT2D eigenvalue weighted by Crippen LogP contribution is 2.29. The first-order valence-corrected chi connectivity index (χ1v) is 14.4. The van der Waals surface area contributed by atoms with E-state index in [0.717, 1.165) is 65.5 Å². The summed E-state index contributed by atoms with van der Waals surface area (Å²) in [5, 5.41) is 3.76. The van der Waals surface area contributed by atoms with Crippen LogP contribution in [0.2, 0.25) is 0 Å². The fourth-order valence-electron chi connectivity index (χ4n) is 4.32. The van der Waals surface area contributed by atoms with E-state index in [1.165, 1.54) is 0 Å². The molecule has 1 aliphatic rings. The number of hydrogen-bond donors (Lipinski definition) is 1. The van der Waals surface area contributed by atoms with Gasteiger partial charge in [-0.2, -0.15) is 0 Å². The molecule has 0 radical (unpaired) electrons. The van der Waals surface area contributed by atoms with Gasteiger partial charge in [0, 0.05) is 42.6 Å². The van der Waals surface area contributed by atoms with Crippen LogP contribution >= 0.6 is 11.8 Å². The van der Waals surface area contributed by atoms with Crippen LogP contribution in [-0.2, 0) is 12.2 Å². The third-order valence-corrected chi connectivity index (χ3v) is 7.72. The standard InChI is InChI=1S/C32H34N4O3S/c1-36(17-16-22-12-15-28(38-2)29(19-22)39-3)30-20-27(24-9-5-4-6-10-24)34-32(35-30)40-21-23-8-7-11-25(18-23)31(37)33-26-13-14-26/h4-12,15,18-20,26H,13-14,16-17,21H2,1-3H3,(H,33,37). The lowest BCUT2D eigenvalue weighted by atomic mass is 10.1. The SMILES string of the molecule is COc1ccc(CCN(C)c2cc(-c3ccccc3)nc(SCc3cccc(C(=O)NC4CC4)c3)n2)cc1OC. The molecule has 1 N–H and O–H groups in total. The molecule has 0 bridgehead atoms. The minimum atomic E-state index is -0.00457. The molecule has 0 spiro atoms. The molecule has 7 nitrogen and oxygen atoms in total. The van der Waals surface area contributed by atoms with Crippen molar-refractivity contribution in [2.45, 2.75) is 36.2 Å². The molecule has 3 aromatic carbocycles. The van der Waals surface area contributed by atoms with Gasteiger partial charge in [0.25, 0.3) is 5.91 Å². The number of aromatic nitrogens is 2. The van der Waals surface area contributed by atoms with Gasteiger partial charge in [-0.05, 0) is 54.7 Å². The van der Waals surface area contributed by atoms with Gasteiger partial charge in [0.15, 0.2) is 16.7 Å². The average Bonchev–Trinajstić information content (AvgIpc) is 3.83. The van der Waals surface area contributed by atoms with Crippen LogP contribution < -0.4 is 19.7 Å². The Morgan fingerprint density at radius 3 is 2.48 bits per heavy atom. The molecular weight excluding hydrogens is 520 g/mol. The number of carbonyl (C=O) groups excluding carboxylic acids is 1. The van der Waals surface area contributed by atoms with Gasteiger partial charge in [-0.1, -0.05) is 60.3 Å². The van der Waals surface area contributed by atoms with Crippen molar-refractivity contribution in [3.05, 3.63) is 95.6 Å². The fourth-order valence-corrected chi connectivity index (χ4v) is 5.12. The van der Waals surface area contributed by atoms with Crippen molar-refractivity contribution in [3.63, 3.8) is 0 Å². The zero-order valence-electron chi connectivity index (χ0n) is 23.1. The van der Waals surface area contributed by atoms with E-state index in [2.05, 4.69) is 28.4 Å². The number of ether oxygens (including phenoxy) is 2. The smallest absolute Gasteiger partial charge is 0.251 e. The predicted molar refractivity (Wildman–Crippen MR) is 160 cm³/mol. The summed E-state index contributed by atoms with van der Waals surface area (Å²) in [6.45, 7) is 0.767. The molecule has 1 saturated carbocycles. The van der Waals surface area contributed by atoms with Gasteiger partial charge in [-0.25, -0.2) is 9.97 Å². The third-order valence-electron chi connectivity index (χ3n) is 6.81. The highest BCUT2D eigenvalue weighted by atomic mass is 32.2. The quantitative estimate of drug-likeness (QED) is 0.169. The lowest BCUT2D eigenvalue weighted by molar-refractivity contribution is 0.0951. The Balaban J connectivity index is 1.32. The summed E-state index contributed by atoms with van der Waals surface area (Å²) < 4.78 is 10.8. The van der Waals surface area contributed by atoms with E-state index in [0.29, 0.717) is 22.5 Å². The van der Waals surface area contributed by atoms with E-state index in [9.17, 15) is 4.79 Å². The van der Waals surface area contributed by atoms with Crippen molar-refractivity contribution in [2.24, 2.45) is 0 Å². The molecule has 0 unspecified atom stereocenters. The first-order chi connectivity index (χ1) is 19.5. The molecule has 8 heteroatoms. The van der Waals surface area contributed by atoms with Crippen LogP contribution in [-0.4, -0.2) is 49.7 Å². The Morgan fingerprint density at radius 2 is 1.73 bits per heavy atom. The van der Waals surface area contributed by atoms with Gasteiger partial charge in [0.1, 0.15) is 5.82 Å². The summed E-state index contributed by atoms with van der Waals surface area (Å²) in [6.07, 6.45) is 2.96. The maximum Gasteiger partial charge on any atom is 0.251 e. The largest absolute Gasteiger partial charge is 0.493 e. The van der Waals surface area contributed by atoms with Crippen LogP contribution in [0.25, 0.3) is 11.3 Å². The summed E-state index contributed by atoms with van der Waals surface area (Å²) in [5.74, 6) is 2.96. The fraction of sp³-hybridized carbons (Fsp3) is 0.281. The summed E-state index contributed by atoms with van der Waals surface area (Å²) in [6, 6.07) is 26.3. The van der Waals surface area contributed by atoms with Gasteiger partial charge in [0.2, 0.25) is 0 Å². The minimum absolute atomic E-state index is 0.00457. The summed E-state index contributed by atoms with van der Waals surface area (Å²) in [7, 11) is 5.34. The molecule has 206 valence electrons. The Bertz CT molecular complexity index is 1460. The second-order valence-corrected chi connectivity index (χ2v) is 10.8. The molecule has 1 aliphatic carbocycles. The van der Waals surface area contributed by atoms with Crippen molar-refractivity contribution in [1.29, 1.82) is 0 Å². The molecule has 5 rings (SSSR count). The lowest BCUT2D eigenvalue weighted by Crippen LogP contribution is -2.25. The number of carbonyl (C=O) groups is 1. The first kappa shape index (κ1) is 27.5. The Kier molecular flexibility index (Phi) is 8.86. The number of thioether (sulfide) groups is 1. The number of anilines is 1. The van der Waals surface area contributed by atoms with E-state index >= 15 is 0 Å². The Labute approximate surface area is 240 Å². The average molecular weight is 555 g/mol. The third kappa shape index (κ3) is 7.12. The molecule has 0 atom stereocenters. The molecule has 1 heterocycles. The minimum Gasteiger partial charge on any atom is -0.493 e. The van der Waals surface area contributed by atoms with Crippen molar-refractivity contribution in [1.82, 2.24) is 15.3 Å². The molecule has 4 aromatic rings. The number of nitrogens with one attached hydrogen (secondary N) is 1. The van der Waals surface area contributed by atoms with Crippen molar-refractivity contribution >= 4 is 23.5 Å². The summed E-state index contributed by atoms with van der Waals surface area (Å²) in [5.41, 5.74) is 4.83. The molecule has 1 fully saturated rings. The number of methoxy groups -OCH3 is 2. The van der Waals surface area contributed by atoms with Gasteiger partial charge in [-0.15, -0.1) is 0 Å². The van der Waals surface area contributed by atoms with Crippen LogP contribution in [0.1, 0.15) is 34.3 Å². The second kappa shape index (κ2) is 12.9. The molecule has 40 heavy (non-hydrogen) atoms. The number of rotatable bonds is 12. The lowest BCUT2D eigenvalue weighted by Gasteiger charge is -2.20. The van der Waals surface area contributed by atoms with Crippen LogP contribution in [0.5, 0.6) is 11.5 Å². The monoisotopic (exact) mass is 554 g/mol. The summed E-state index contributed by atoms with van der Waals surface area (Å²) in [4.78, 5) is 24.5. The highest BCUT2D eigenvalue weighted by molar-refractivity contribution is 7.98. The van der Waals surface area contributed by atoms with Crippen LogP contribution in [0.4, 0.5) is 5.82 Å². The van der Waals surface area contributed by atoms with Crippen LogP contribution in [0.3, 0.4) is 0 Å².